The number of nitrogens with zero attached hydrogens (tertiary/aromatic N) is 1. The van der Waals surface area contributed by atoms with Crippen molar-refractivity contribution >= 4 is 16.9 Å². The van der Waals surface area contributed by atoms with Crippen LogP contribution >= 0.6 is 0 Å². The molecule has 0 aliphatic heterocycles. The average Bonchev–Trinajstić information content (AvgIpc) is 2.39. The summed E-state index contributed by atoms with van der Waals surface area (Å²) in [5.41, 5.74) is -0.0567. The van der Waals surface area contributed by atoms with Crippen LogP contribution in [0.1, 0.15) is 0 Å². The second-order valence-corrected chi connectivity index (χ2v) is 4.70. The average molecular weight is 246 g/mol. The van der Waals surface area contributed by atoms with Gasteiger partial charge in [-0.05, 0) is 12.1 Å². The third-order valence-corrected chi connectivity index (χ3v) is 3.49. The summed E-state index contributed by atoms with van der Waals surface area (Å²) in [7, 11) is 0. The van der Waals surface area contributed by atoms with E-state index in [0.717, 1.165) is 0 Å². The maximum Gasteiger partial charge on any atom is 0.270 e. The van der Waals surface area contributed by atoms with E-state index in [9.17, 15) is 14.7 Å². The summed E-state index contributed by atoms with van der Waals surface area (Å²) < 4.78 is 12.0. The molecular weight excluding hydrogens is 238 g/mol. The van der Waals surface area contributed by atoms with Crippen molar-refractivity contribution in [3.05, 3.63) is 64.7 Å². The fourth-order valence-corrected chi connectivity index (χ4v) is 2.32. The van der Waals surface area contributed by atoms with E-state index < -0.39 is 16.1 Å². The van der Waals surface area contributed by atoms with Crippen molar-refractivity contribution in [1.29, 1.82) is 0 Å². The molecule has 0 aliphatic carbocycles. The Morgan fingerprint density at radius 2 is 1.82 bits per heavy atom. The van der Waals surface area contributed by atoms with Crippen LogP contribution in [0.4, 0.5) is 5.69 Å². The van der Waals surface area contributed by atoms with Crippen molar-refractivity contribution < 1.29 is 9.48 Å². The molecule has 0 saturated heterocycles. The van der Waals surface area contributed by atoms with Gasteiger partial charge in [0.15, 0.2) is 9.79 Å². The lowest BCUT2D eigenvalue weighted by Crippen LogP contribution is -2.02. The van der Waals surface area contributed by atoms with Crippen molar-refractivity contribution in [2.75, 3.05) is 0 Å². The predicted octanol–water partition coefficient (Wildman–Crippen LogP) is 2.56. The molecule has 1 atom stereocenters. The van der Waals surface area contributed by atoms with Crippen molar-refractivity contribution in [2.45, 2.75) is 9.79 Å². The number of nitro groups is 1. The fourth-order valence-electron chi connectivity index (χ4n) is 1.30. The molecule has 2 aromatic rings. The van der Waals surface area contributed by atoms with Gasteiger partial charge in [0.2, 0.25) is 0 Å². The second-order valence-electron chi connectivity index (χ2n) is 3.25. The first-order valence-electron chi connectivity index (χ1n) is 4.81. The Labute approximate surface area is 101 Å². The maximum atomic E-state index is 12.0. The highest BCUT2D eigenvalue weighted by Gasteiger charge is 2.16. The molecule has 17 heavy (non-hydrogen) atoms. The lowest BCUT2D eigenvalue weighted by Gasteiger charge is -2.08. The molecule has 0 aliphatic rings. The first-order chi connectivity index (χ1) is 8.18. The molecule has 0 fully saturated rings. The predicted molar refractivity (Wildman–Crippen MR) is 63.0 cm³/mol. The Bertz CT molecular complexity index is 513. The van der Waals surface area contributed by atoms with E-state index in [0.29, 0.717) is 9.79 Å². The van der Waals surface area contributed by atoms with E-state index in [4.69, 9.17) is 0 Å². The van der Waals surface area contributed by atoms with Gasteiger partial charge >= 0.3 is 0 Å². The lowest BCUT2D eigenvalue weighted by molar-refractivity contribution is -0.384. The van der Waals surface area contributed by atoms with Crippen molar-refractivity contribution in [2.24, 2.45) is 0 Å². The Kier molecular flexibility index (Phi) is 3.41. The summed E-state index contributed by atoms with van der Waals surface area (Å²) in [5, 5.41) is 10.5. The molecule has 2 rings (SSSR count). The summed E-state index contributed by atoms with van der Waals surface area (Å²) in [6.45, 7) is 0. The third-order valence-electron chi connectivity index (χ3n) is 2.14. The molecule has 0 aromatic heterocycles. The van der Waals surface area contributed by atoms with Gasteiger partial charge in [0.05, 0.1) is 4.92 Å². The van der Waals surface area contributed by atoms with Gasteiger partial charge in [-0.2, -0.15) is 0 Å². The lowest BCUT2D eigenvalue weighted by atomic mass is 10.3. The minimum atomic E-state index is -1.35. The van der Waals surface area contributed by atoms with E-state index >= 15 is 0 Å². The molecule has 0 heterocycles. The van der Waals surface area contributed by atoms with Crippen molar-refractivity contribution in [3.8, 4) is 0 Å². The van der Waals surface area contributed by atoms with Gasteiger partial charge in [-0.1, -0.05) is 18.2 Å². The van der Waals surface area contributed by atoms with E-state index in [-0.39, 0.29) is 5.69 Å². The smallest absolute Gasteiger partial charge is 0.270 e. The van der Waals surface area contributed by atoms with Gasteiger partial charge < -0.3 is 4.55 Å². The molecule has 0 N–H and O–H groups in total. The fraction of sp³-hybridized carbons (Fsp3) is 0. The van der Waals surface area contributed by atoms with Gasteiger partial charge in [0, 0.05) is 35.4 Å². The Hall–Kier alpha value is -1.85. The van der Waals surface area contributed by atoms with Gasteiger partial charge in [0.25, 0.3) is 5.69 Å². The van der Waals surface area contributed by atoms with Gasteiger partial charge in [-0.15, -0.1) is 0 Å². The van der Waals surface area contributed by atoms with Crippen LogP contribution in [0.5, 0.6) is 0 Å². The van der Waals surface area contributed by atoms with Crippen molar-refractivity contribution in [3.63, 3.8) is 0 Å². The summed E-state index contributed by atoms with van der Waals surface area (Å²) in [5.74, 6) is 0. The molecule has 0 amide bonds. The summed E-state index contributed by atoms with van der Waals surface area (Å²) in [6, 6.07) is 15.6. The van der Waals surface area contributed by atoms with Gasteiger partial charge in [-0.25, -0.2) is 0 Å². The first-order valence-corrected chi connectivity index (χ1v) is 5.96. The van der Waals surface area contributed by atoms with Crippen molar-refractivity contribution in [1.82, 2.24) is 0 Å². The highest BCUT2D eigenvalue weighted by molar-refractivity contribution is 7.91. The maximum absolute atomic E-state index is 12.0. The highest BCUT2D eigenvalue weighted by atomic mass is 32.2. The SMILES string of the molecule is O=[N+]([O-])c1c[c]c([S+]([O-])c2ccccc2)cc1. The largest absolute Gasteiger partial charge is 0.606 e. The minimum Gasteiger partial charge on any atom is -0.606 e. The van der Waals surface area contributed by atoms with E-state index in [1.165, 1.54) is 18.2 Å². The molecule has 0 bridgehead atoms. The van der Waals surface area contributed by atoms with Gasteiger partial charge in [0.1, 0.15) is 0 Å². The molecule has 0 saturated carbocycles. The van der Waals surface area contributed by atoms with Crippen LogP contribution in [-0.2, 0) is 11.2 Å². The quantitative estimate of drug-likeness (QED) is 0.475. The molecule has 2 aromatic carbocycles. The van der Waals surface area contributed by atoms with Gasteiger partial charge in [-0.3, -0.25) is 10.1 Å². The zero-order valence-electron chi connectivity index (χ0n) is 8.70. The topological polar surface area (TPSA) is 66.2 Å². The van der Waals surface area contributed by atoms with Crippen LogP contribution in [0.3, 0.4) is 0 Å². The number of hydrogen-bond acceptors (Lipinski definition) is 3. The number of nitro benzene ring substituents is 1. The molecule has 85 valence electrons. The monoisotopic (exact) mass is 246 g/mol. The number of hydrogen-bond donors (Lipinski definition) is 0. The molecule has 0 spiro atoms. The molecule has 4 nitrogen and oxygen atoms in total. The number of non-ortho nitro benzene ring substituents is 1. The van der Waals surface area contributed by atoms with E-state index in [1.807, 2.05) is 6.07 Å². The zero-order chi connectivity index (χ0) is 12.3. The summed E-state index contributed by atoms with van der Waals surface area (Å²) >= 11 is -1.35. The van der Waals surface area contributed by atoms with Crippen LogP contribution < -0.4 is 0 Å². The molecule has 1 radical (unpaired) electrons. The second kappa shape index (κ2) is 4.99. The summed E-state index contributed by atoms with van der Waals surface area (Å²) in [6.07, 6.45) is 0. The Balaban J connectivity index is 2.26. The Morgan fingerprint density at radius 1 is 1.12 bits per heavy atom. The number of benzene rings is 2. The zero-order valence-corrected chi connectivity index (χ0v) is 9.52. The normalized spacial score (nSPS) is 12.1. The Morgan fingerprint density at radius 3 is 2.35 bits per heavy atom. The highest BCUT2D eigenvalue weighted by Crippen LogP contribution is 2.22. The minimum absolute atomic E-state index is 0.0567. The first kappa shape index (κ1) is 11.6. The third kappa shape index (κ3) is 2.64. The molecular formula is C12H8NO3S. The van der Waals surface area contributed by atoms with Crippen LogP contribution in [0, 0.1) is 16.2 Å². The van der Waals surface area contributed by atoms with E-state index in [1.54, 1.807) is 24.3 Å². The standard InChI is InChI=1S/C12H8NO3S/c14-13(15)10-6-8-12(9-7-10)17(16)11-4-2-1-3-5-11/h1-8H. The number of rotatable bonds is 3. The van der Waals surface area contributed by atoms with E-state index in [2.05, 4.69) is 6.07 Å². The van der Waals surface area contributed by atoms with Crippen LogP contribution in [0.15, 0.2) is 58.3 Å². The molecule has 5 heteroatoms. The molecule has 1 unspecified atom stereocenters. The summed E-state index contributed by atoms with van der Waals surface area (Å²) in [4.78, 5) is 11.0. The van der Waals surface area contributed by atoms with Crippen LogP contribution in [0.2, 0.25) is 0 Å². The van der Waals surface area contributed by atoms with Crippen LogP contribution in [-0.4, -0.2) is 9.48 Å². The van der Waals surface area contributed by atoms with Crippen LogP contribution in [0.25, 0.3) is 0 Å².